The van der Waals surface area contributed by atoms with Crippen molar-refractivity contribution in [3.63, 3.8) is 0 Å². The quantitative estimate of drug-likeness (QED) is 0.787. The van der Waals surface area contributed by atoms with Gasteiger partial charge in [0.1, 0.15) is 5.82 Å². The first-order valence-corrected chi connectivity index (χ1v) is 6.84. The molecule has 0 saturated heterocycles. The van der Waals surface area contributed by atoms with E-state index in [1.807, 2.05) is 0 Å². The van der Waals surface area contributed by atoms with Crippen molar-refractivity contribution in [2.24, 2.45) is 0 Å². The second-order valence-electron chi connectivity index (χ2n) is 2.89. The number of hydrogen-bond acceptors (Lipinski definition) is 2. The Balaban J connectivity index is 3.27. The van der Waals surface area contributed by atoms with Crippen molar-refractivity contribution in [1.29, 1.82) is 0 Å². The summed E-state index contributed by atoms with van der Waals surface area (Å²) in [5, 5.41) is 0.296. The van der Waals surface area contributed by atoms with Crippen LogP contribution in [0.15, 0.2) is 16.6 Å². The zero-order valence-corrected chi connectivity index (χ0v) is 10.4. The van der Waals surface area contributed by atoms with E-state index in [0.29, 0.717) is 9.50 Å². The van der Waals surface area contributed by atoms with Gasteiger partial charge in [0.15, 0.2) is 9.84 Å². The van der Waals surface area contributed by atoms with Crippen LogP contribution in [0.25, 0.3) is 0 Å². The third kappa shape index (κ3) is 2.93. The second kappa shape index (κ2) is 4.16. The summed E-state index contributed by atoms with van der Waals surface area (Å²) in [4.78, 5) is 0. The minimum Gasteiger partial charge on any atom is -0.229 e. The van der Waals surface area contributed by atoms with Crippen LogP contribution in [0.1, 0.15) is 5.56 Å². The number of hydrogen-bond donors (Lipinski definition) is 0. The van der Waals surface area contributed by atoms with Gasteiger partial charge in [-0.1, -0.05) is 11.6 Å². The summed E-state index contributed by atoms with van der Waals surface area (Å²) in [5.41, 5.74) is 0.0694. The lowest BCUT2D eigenvalue weighted by atomic mass is 10.2. The van der Waals surface area contributed by atoms with Gasteiger partial charge >= 0.3 is 0 Å². The van der Waals surface area contributed by atoms with Gasteiger partial charge in [0.2, 0.25) is 0 Å². The van der Waals surface area contributed by atoms with E-state index >= 15 is 0 Å². The molecule has 0 saturated carbocycles. The molecule has 0 amide bonds. The molecule has 0 fully saturated rings. The standard InChI is InChI=1S/C8H7BrClFO2S/c1-14(12,13)4-5-7(11)3-2-6(10)8(5)9/h2-3H,4H2,1H3. The Morgan fingerprint density at radius 1 is 1.50 bits per heavy atom. The van der Waals surface area contributed by atoms with Gasteiger partial charge in [-0.05, 0) is 28.1 Å². The molecule has 0 atom stereocenters. The van der Waals surface area contributed by atoms with Crippen molar-refractivity contribution in [1.82, 2.24) is 0 Å². The fraction of sp³-hybridized carbons (Fsp3) is 0.250. The van der Waals surface area contributed by atoms with Crippen LogP contribution < -0.4 is 0 Å². The minimum absolute atomic E-state index is 0.0694. The lowest BCUT2D eigenvalue weighted by Crippen LogP contribution is -2.04. The lowest BCUT2D eigenvalue weighted by Gasteiger charge is -2.05. The Bertz CT molecular complexity index is 459. The summed E-state index contributed by atoms with van der Waals surface area (Å²) in [5.74, 6) is -0.938. The fourth-order valence-electron chi connectivity index (χ4n) is 0.964. The molecule has 14 heavy (non-hydrogen) atoms. The third-order valence-corrected chi connectivity index (χ3v) is 3.81. The largest absolute Gasteiger partial charge is 0.229 e. The zero-order valence-electron chi connectivity index (χ0n) is 7.22. The molecule has 2 nitrogen and oxygen atoms in total. The molecule has 0 radical (unpaired) electrons. The van der Waals surface area contributed by atoms with E-state index in [9.17, 15) is 12.8 Å². The van der Waals surface area contributed by atoms with Crippen LogP contribution in [0.2, 0.25) is 5.02 Å². The Morgan fingerprint density at radius 2 is 2.07 bits per heavy atom. The number of benzene rings is 1. The van der Waals surface area contributed by atoms with Crippen molar-refractivity contribution in [3.8, 4) is 0 Å². The molecule has 0 N–H and O–H groups in total. The van der Waals surface area contributed by atoms with E-state index in [1.54, 1.807) is 0 Å². The summed E-state index contributed by atoms with van der Waals surface area (Å²) >= 11 is 8.75. The van der Waals surface area contributed by atoms with Crippen LogP contribution in [0.3, 0.4) is 0 Å². The number of rotatable bonds is 2. The van der Waals surface area contributed by atoms with Crippen molar-refractivity contribution in [3.05, 3.63) is 33.0 Å². The predicted octanol–water partition coefficient (Wildman–Crippen LogP) is 2.79. The number of halogens is 3. The molecule has 0 bridgehead atoms. The van der Waals surface area contributed by atoms with Gasteiger partial charge in [-0.2, -0.15) is 0 Å². The van der Waals surface area contributed by atoms with E-state index in [0.717, 1.165) is 12.3 Å². The maximum atomic E-state index is 13.2. The topological polar surface area (TPSA) is 34.1 Å². The van der Waals surface area contributed by atoms with Gasteiger partial charge in [-0.25, -0.2) is 12.8 Å². The molecule has 0 spiro atoms. The lowest BCUT2D eigenvalue weighted by molar-refractivity contribution is 0.591. The van der Waals surface area contributed by atoms with E-state index in [2.05, 4.69) is 15.9 Å². The average molecular weight is 302 g/mol. The Kier molecular flexibility index (Phi) is 3.55. The molecule has 78 valence electrons. The van der Waals surface area contributed by atoms with Crippen LogP contribution in [0, 0.1) is 5.82 Å². The minimum atomic E-state index is -3.27. The highest BCUT2D eigenvalue weighted by atomic mass is 79.9. The highest BCUT2D eigenvalue weighted by molar-refractivity contribution is 9.10. The fourth-order valence-corrected chi connectivity index (χ4v) is 2.59. The molecule has 1 rings (SSSR count). The van der Waals surface area contributed by atoms with Crippen LogP contribution in [0.5, 0.6) is 0 Å². The molecule has 1 aromatic carbocycles. The molecule has 6 heteroatoms. The van der Waals surface area contributed by atoms with E-state index in [4.69, 9.17) is 11.6 Å². The van der Waals surface area contributed by atoms with E-state index in [1.165, 1.54) is 6.07 Å². The van der Waals surface area contributed by atoms with Crippen molar-refractivity contribution in [2.75, 3.05) is 6.26 Å². The highest BCUT2D eigenvalue weighted by Crippen LogP contribution is 2.29. The van der Waals surface area contributed by atoms with E-state index in [-0.39, 0.29) is 11.3 Å². The molecule has 0 aliphatic heterocycles. The Morgan fingerprint density at radius 3 is 2.57 bits per heavy atom. The number of sulfone groups is 1. The summed E-state index contributed by atoms with van der Waals surface area (Å²) < 4.78 is 35.5. The molecule has 0 aromatic heterocycles. The van der Waals surface area contributed by atoms with Gasteiger partial charge < -0.3 is 0 Å². The second-order valence-corrected chi connectivity index (χ2v) is 6.23. The Hall–Kier alpha value is -0.130. The van der Waals surface area contributed by atoms with Crippen molar-refractivity contribution in [2.45, 2.75) is 5.75 Å². The van der Waals surface area contributed by atoms with Gasteiger partial charge in [0.25, 0.3) is 0 Å². The van der Waals surface area contributed by atoms with Gasteiger partial charge in [0, 0.05) is 16.3 Å². The zero-order chi connectivity index (χ0) is 10.9. The summed E-state index contributed by atoms with van der Waals surface area (Å²) in [6.45, 7) is 0. The summed E-state index contributed by atoms with van der Waals surface area (Å²) in [6, 6.07) is 2.51. The van der Waals surface area contributed by atoms with Crippen LogP contribution in [-0.4, -0.2) is 14.7 Å². The smallest absolute Gasteiger partial charge is 0.151 e. The normalized spacial score (nSPS) is 11.7. The average Bonchev–Trinajstić information content (AvgIpc) is 2.04. The molecular weight excluding hydrogens is 295 g/mol. The van der Waals surface area contributed by atoms with Crippen LogP contribution in [0.4, 0.5) is 4.39 Å². The highest BCUT2D eigenvalue weighted by Gasteiger charge is 2.15. The van der Waals surface area contributed by atoms with Crippen molar-refractivity contribution >= 4 is 37.4 Å². The van der Waals surface area contributed by atoms with Gasteiger partial charge in [-0.3, -0.25) is 0 Å². The monoisotopic (exact) mass is 300 g/mol. The molecule has 1 aromatic rings. The first-order chi connectivity index (χ1) is 6.31. The first kappa shape index (κ1) is 11.9. The molecule has 0 aliphatic carbocycles. The SMILES string of the molecule is CS(=O)(=O)Cc1c(F)ccc(Cl)c1Br. The molecule has 0 unspecified atom stereocenters. The predicted molar refractivity (Wildman–Crippen MR) is 57.7 cm³/mol. The van der Waals surface area contributed by atoms with Gasteiger partial charge in [-0.15, -0.1) is 0 Å². The maximum absolute atomic E-state index is 13.2. The molecule has 0 aliphatic rings. The van der Waals surface area contributed by atoms with E-state index < -0.39 is 15.7 Å². The van der Waals surface area contributed by atoms with Gasteiger partial charge in [0.05, 0.1) is 10.8 Å². The van der Waals surface area contributed by atoms with Crippen LogP contribution >= 0.6 is 27.5 Å². The third-order valence-electron chi connectivity index (χ3n) is 1.55. The Labute approximate surface area is 95.1 Å². The summed E-state index contributed by atoms with van der Waals surface area (Å²) in [6.07, 6.45) is 1.04. The maximum Gasteiger partial charge on any atom is 0.151 e. The molecular formula is C8H7BrClFO2S. The first-order valence-electron chi connectivity index (χ1n) is 3.61. The summed E-state index contributed by atoms with van der Waals surface area (Å²) in [7, 11) is -3.27. The van der Waals surface area contributed by atoms with Crippen LogP contribution in [-0.2, 0) is 15.6 Å². The van der Waals surface area contributed by atoms with Crippen molar-refractivity contribution < 1.29 is 12.8 Å². The molecule has 0 heterocycles.